The van der Waals surface area contributed by atoms with Crippen molar-refractivity contribution in [1.82, 2.24) is 30.5 Å². The van der Waals surface area contributed by atoms with Crippen molar-refractivity contribution in [2.45, 2.75) is 13.0 Å². The SMILES string of the molecule is Cc1cnc2[nH]ncc2c1-c1cc2ncnc3c2c(c1Cl)OCC1CNCCN31. The van der Waals surface area contributed by atoms with E-state index in [1.165, 1.54) is 0 Å². The van der Waals surface area contributed by atoms with E-state index in [4.69, 9.17) is 16.3 Å². The Morgan fingerprint density at radius 2 is 2.17 bits per heavy atom. The average molecular weight is 408 g/mol. The second-order valence-corrected chi connectivity index (χ2v) is 7.85. The molecule has 146 valence electrons. The van der Waals surface area contributed by atoms with E-state index < -0.39 is 0 Å². The van der Waals surface area contributed by atoms with Crippen LogP contribution in [0, 0.1) is 6.92 Å². The van der Waals surface area contributed by atoms with Gasteiger partial charge in [-0.15, -0.1) is 0 Å². The van der Waals surface area contributed by atoms with Crippen LogP contribution in [0.2, 0.25) is 5.02 Å². The Balaban J connectivity index is 1.66. The molecule has 0 saturated carbocycles. The maximum atomic E-state index is 6.97. The fourth-order valence-corrected chi connectivity index (χ4v) is 4.71. The zero-order chi connectivity index (χ0) is 19.5. The summed E-state index contributed by atoms with van der Waals surface area (Å²) in [7, 11) is 0. The van der Waals surface area contributed by atoms with Gasteiger partial charge in [-0.1, -0.05) is 11.6 Å². The number of piperazine rings is 1. The number of hydrogen-bond donors (Lipinski definition) is 2. The Bertz CT molecular complexity index is 1270. The minimum Gasteiger partial charge on any atom is -0.489 e. The normalized spacial score (nSPS) is 18.6. The number of rotatable bonds is 1. The van der Waals surface area contributed by atoms with Crippen molar-refractivity contribution in [2.24, 2.45) is 0 Å². The summed E-state index contributed by atoms with van der Waals surface area (Å²) in [5, 5.41) is 12.9. The number of anilines is 1. The van der Waals surface area contributed by atoms with Gasteiger partial charge in [0.1, 0.15) is 18.8 Å². The third-order valence-electron chi connectivity index (χ3n) is 5.78. The first-order valence-electron chi connectivity index (χ1n) is 9.59. The van der Waals surface area contributed by atoms with Crippen molar-refractivity contribution in [3.05, 3.63) is 35.4 Å². The maximum Gasteiger partial charge on any atom is 0.155 e. The summed E-state index contributed by atoms with van der Waals surface area (Å²) in [5.74, 6) is 1.54. The van der Waals surface area contributed by atoms with Crippen LogP contribution in [-0.2, 0) is 0 Å². The molecular formula is C20H18ClN7O. The molecule has 2 aliphatic rings. The molecule has 0 amide bonds. The van der Waals surface area contributed by atoms with Crippen LogP contribution in [0.1, 0.15) is 5.56 Å². The molecule has 1 aromatic carbocycles. The zero-order valence-corrected chi connectivity index (χ0v) is 16.5. The van der Waals surface area contributed by atoms with Gasteiger partial charge >= 0.3 is 0 Å². The standard InChI is InChI=1S/C20H18ClN7O/c1-10-5-23-19-13(7-26-27-19)15(10)12-4-14-16-18(17(12)21)29-8-11-6-22-2-3-28(11)20(16)25-9-24-14/h4-5,7,9,11,22H,2-3,6,8H2,1H3,(H,23,26,27). The van der Waals surface area contributed by atoms with Crippen molar-refractivity contribution in [3.8, 4) is 16.9 Å². The summed E-state index contributed by atoms with van der Waals surface area (Å²) < 4.78 is 6.28. The largest absolute Gasteiger partial charge is 0.489 e. The number of benzene rings is 1. The van der Waals surface area contributed by atoms with Gasteiger partial charge in [0.15, 0.2) is 11.4 Å². The molecule has 1 unspecified atom stereocenters. The minimum absolute atomic E-state index is 0.206. The Hall–Kier alpha value is -2.97. The summed E-state index contributed by atoms with van der Waals surface area (Å²) in [6.07, 6.45) is 5.23. The van der Waals surface area contributed by atoms with Crippen LogP contribution in [0.15, 0.2) is 24.8 Å². The highest BCUT2D eigenvalue weighted by Crippen LogP contribution is 2.47. The molecule has 2 aliphatic heterocycles. The number of fused-ring (bicyclic) bond motifs is 3. The van der Waals surface area contributed by atoms with Gasteiger partial charge in [-0.25, -0.2) is 15.0 Å². The lowest BCUT2D eigenvalue weighted by atomic mass is 9.97. The highest BCUT2D eigenvalue weighted by molar-refractivity contribution is 6.37. The molecule has 29 heavy (non-hydrogen) atoms. The molecule has 0 bridgehead atoms. The van der Waals surface area contributed by atoms with Crippen molar-refractivity contribution in [1.29, 1.82) is 0 Å². The van der Waals surface area contributed by atoms with Gasteiger partial charge < -0.3 is 15.0 Å². The smallest absolute Gasteiger partial charge is 0.155 e. The predicted molar refractivity (Wildman–Crippen MR) is 112 cm³/mol. The molecular weight excluding hydrogens is 390 g/mol. The maximum absolute atomic E-state index is 6.97. The van der Waals surface area contributed by atoms with E-state index in [1.54, 1.807) is 12.5 Å². The van der Waals surface area contributed by atoms with Crippen molar-refractivity contribution in [3.63, 3.8) is 0 Å². The molecule has 1 saturated heterocycles. The number of nitrogens with zero attached hydrogens (tertiary/aromatic N) is 5. The van der Waals surface area contributed by atoms with Crippen LogP contribution < -0.4 is 15.0 Å². The lowest BCUT2D eigenvalue weighted by Gasteiger charge is -2.35. The van der Waals surface area contributed by atoms with Gasteiger partial charge in [0.25, 0.3) is 0 Å². The number of halogens is 1. The zero-order valence-electron chi connectivity index (χ0n) is 15.7. The number of aryl methyl sites for hydroxylation is 1. The number of H-pyrrole nitrogens is 1. The van der Waals surface area contributed by atoms with Crippen LogP contribution in [0.5, 0.6) is 5.75 Å². The van der Waals surface area contributed by atoms with E-state index in [0.29, 0.717) is 17.4 Å². The molecule has 3 aromatic heterocycles. The number of nitrogens with one attached hydrogen (secondary N) is 2. The number of aromatic nitrogens is 5. The number of pyridine rings is 1. The van der Waals surface area contributed by atoms with Crippen LogP contribution >= 0.6 is 11.6 Å². The van der Waals surface area contributed by atoms with E-state index in [9.17, 15) is 0 Å². The minimum atomic E-state index is 0.206. The Morgan fingerprint density at radius 1 is 1.24 bits per heavy atom. The Kier molecular flexibility index (Phi) is 3.66. The molecule has 8 nitrogen and oxygen atoms in total. The molecule has 1 fully saturated rings. The third-order valence-corrected chi connectivity index (χ3v) is 6.16. The molecule has 6 rings (SSSR count). The molecule has 4 aromatic rings. The summed E-state index contributed by atoms with van der Waals surface area (Å²) in [5.41, 5.74) is 4.40. The van der Waals surface area contributed by atoms with Gasteiger partial charge in [0.05, 0.1) is 28.2 Å². The Labute approximate surface area is 171 Å². The van der Waals surface area contributed by atoms with Gasteiger partial charge in [-0.05, 0) is 18.6 Å². The lowest BCUT2D eigenvalue weighted by molar-refractivity contribution is 0.274. The molecule has 0 spiro atoms. The molecule has 5 heterocycles. The second-order valence-electron chi connectivity index (χ2n) is 7.47. The van der Waals surface area contributed by atoms with Crippen molar-refractivity contribution < 1.29 is 4.74 Å². The molecule has 2 N–H and O–H groups in total. The van der Waals surface area contributed by atoms with Crippen molar-refractivity contribution in [2.75, 3.05) is 31.1 Å². The van der Waals surface area contributed by atoms with Crippen LogP contribution in [0.25, 0.3) is 33.1 Å². The quantitative estimate of drug-likeness (QED) is 0.501. The van der Waals surface area contributed by atoms with Gasteiger partial charge in [0, 0.05) is 42.3 Å². The second kappa shape index (κ2) is 6.27. The van der Waals surface area contributed by atoms with Gasteiger partial charge in [0.2, 0.25) is 0 Å². The summed E-state index contributed by atoms with van der Waals surface area (Å²) >= 11 is 6.97. The lowest BCUT2D eigenvalue weighted by Crippen LogP contribution is -2.53. The fraction of sp³-hybridized carbons (Fsp3) is 0.300. The van der Waals surface area contributed by atoms with Gasteiger partial charge in [-0.3, -0.25) is 5.10 Å². The summed E-state index contributed by atoms with van der Waals surface area (Å²) in [6, 6.07) is 2.23. The van der Waals surface area contributed by atoms with Crippen LogP contribution in [0.3, 0.4) is 0 Å². The monoisotopic (exact) mass is 407 g/mol. The first kappa shape index (κ1) is 16.9. The third kappa shape index (κ3) is 2.42. The van der Waals surface area contributed by atoms with Crippen molar-refractivity contribution >= 4 is 39.4 Å². The van der Waals surface area contributed by atoms with E-state index >= 15 is 0 Å². The highest BCUT2D eigenvalue weighted by Gasteiger charge is 2.32. The highest BCUT2D eigenvalue weighted by atomic mass is 35.5. The first-order chi connectivity index (χ1) is 14.2. The van der Waals surface area contributed by atoms with E-state index in [2.05, 4.69) is 35.4 Å². The van der Waals surface area contributed by atoms with E-state index in [0.717, 1.165) is 64.1 Å². The predicted octanol–water partition coefficient (Wildman–Crippen LogP) is 2.70. The molecule has 1 atom stereocenters. The fourth-order valence-electron chi connectivity index (χ4n) is 4.41. The topological polar surface area (TPSA) is 91.8 Å². The number of ether oxygens (including phenoxy) is 1. The summed E-state index contributed by atoms with van der Waals surface area (Å²) in [6.45, 7) is 5.20. The van der Waals surface area contributed by atoms with Gasteiger partial charge in [-0.2, -0.15) is 5.10 Å². The van der Waals surface area contributed by atoms with Crippen LogP contribution in [-0.4, -0.2) is 57.4 Å². The Morgan fingerprint density at radius 3 is 3.10 bits per heavy atom. The first-order valence-corrected chi connectivity index (χ1v) is 9.96. The summed E-state index contributed by atoms with van der Waals surface area (Å²) in [4.78, 5) is 15.9. The van der Waals surface area contributed by atoms with Crippen LogP contribution in [0.4, 0.5) is 5.82 Å². The number of hydrogen-bond acceptors (Lipinski definition) is 7. The average Bonchev–Trinajstić information content (AvgIpc) is 3.14. The molecule has 0 aliphatic carbocycles. The molecule has 9 heteroatoms. The molecule has 0 radical (unpaired) electrons. The van der Waals surface area contributed by atoms with E-state index in [-0.39, 0.29) is 6.04 Å². The number of aromatic amines is 1. The van der Waals surface area contributed by atoms with E-state index in [1.807, 2.05) is 19.2 Å².